The van der Waals surface area contributed by atoms with Gasteiger partial charge in [-0.1, -0.05) is 23.7 Å². The minimum absolute atomic E-state index is 0.341. The summed E-state index contributed by atoms with van der Waals surface area (Å²) in [6, 6.07) is 13.4. The van der Waals surface area contributed by atoms with Gasteiger partial charge in [-0.25, -0.2) is 10.2 Å². The Morgan fingerprint density at radius 2 is 1.83 bits per heavy atom. The molecule has 7 heteroatoms. The number of nitrogens with one attached hydrogen (secondary N) is 1. The highest BCUT2D eigenvalue weighted by Crippen LogP contribution is 2.15. The molecular formula is C17H15ClN2O4. The molecule has 24 heavy (non-hydrogen) atoms. The number of rotatable bonds is 6. The molecule has 0 unspecified atom stereocenters. The molecule has 0 spiro atoms. The lowest BCUT2D eigenvalue weighted by Gasteiger charge is -2.06. The average molecular weight is 347 g/mol. The first-order chi connectivity index (χ1) is 11.5. The molecule has 0 heterocycles. The number of ether oxygens (including phenoxy) is 1. The number of amides is 1. The minimum Gasteiger partial charge on any atom is -0.482 e. The highest BCUT2D eigenvalue weighted by atomic mass is 35.5. The van der Waals surface area contributed by atoms with Gasteiger partial charge in [0.05, 0.1) is 16.3 Å². The van der Waals surface area contributed by atoms with Crippen molar-refractivity contribution in [2.45, 2.75) is 6.92 Å². The Morgan fingerprint density at radius 3 is 2.46 bits per heavy atom. The van der Waals surface area contributed by atoms with Crippen molar-refractivity contribution in [2.75, 3.05) is 6.61 Å². The quantitative estimate of drug-likeness (QED) is 0.621. The summed E-state index contributed by atoms with van der Waals surface area (Å²) in [5, 5.41) is 12.9. The van der Waals surface area contributed by atoms with Gasteiger partial charge in [0.1, 0.15) is 5.75 Å². The van der Waals surface area contributed by atoms with E-state index in [9.17, 15) is 9.59 Å². The molecule has 0 aromatic heterocycles. The average Bonchev–Trinajstić information content (AvgIpc) is 2.58. The third kappa shape index (κ3) is 4.82. The molecule has 0 aliphatic carbocycles. The largest absolute Gasteiger partial charge is 0.482 e. The molecule has 0 saturated heterocycles. The van der Waals surface area contributed by atoms with Crippen LogP contribution in [0.15, 0.2) is 53.6 Å². The van der Waals surface area contributed by atoms with Gasteiger partial charge in [-0.2, -0.15) is 5.10 Å². The van der Waals surface area contributed by atoms with E-state index in [0.29, 0.717) is 22.0 Å². The van der Waals surface area contributed by atoms with Crippen molar-refractivity contribution >= 4 is 29.2 Å². The summed E-state index contributed by atoms with van der Waals surface area (Å²) < 4.78 is 5.05. The molecule has 124 valence electrons. The molecule has 0 atom stereocenters. The van der Waals surface area contributed by atoms with Crippen LogP contribution in [0.4, 0.5) is 0 Å². The van der Waals surface area contributed by atoms with Gasteiger partial charge in [-0.15, -0.1) is 0 Å². The Hall–Kier alpha value is -2.86. The normalized spacial score (nSPS) is 11.0. The summed E-state index contributed by atoms with van der Waals surface area (Å²) in [5.74, 6) is -1.01. The van der Waals surface area contributed by atoms with Crippen LogP contribution >= 0.6 is 11.6 Å². The molecule has 2 aromatic carbocycles. The molecule has 0 fully saturated rings. The van der Waals surface area contributed by atoms with Crippen LogP contribution in [0.5, 0.6) is 5.75 Å². The summed E-state index contributed by atoms with van der Waals surface area (Å²) in [6.07, 6.45) is 0. The Bertz CT molecular complexity index is 772. The molecule has 0 saturated carbocycles. The number of aliphatic carboxylic acids is 1. The maximum absolute atomic E-state index is 12.0. The lowest BCUT2D eigenvalue weighted by atomic mass is 10.1. The molecular weight excluding hydrogens is 332 g/mol. The van der Waals surface area contributed by atoms with Crippen LogP contribution in [0.25, 0.3) is 0 Å². The fourth-order valence-corrected chi connectivity index (χ4v) is 2.06. The van der Waals surface area contributed by atoms with Gasteiger partial charge in [0.15, 0.2) is 6.61 Å². The molecule has 0 aliphatic rings. The molecule has 2 N–H and O–H groups in total. The van der Waals surface area contributed by atoms with Crippen LogP contribution in [0.2, 0.25) is 5.02 Å². The maximum Gasteiger partial charge on any atom is 0.341 e. The van der Waals surface area contributed by atoms with E-state index in [4.69, 9.17) is 21.4 Å². The Balaban J connectivity index is 2.01. The van der Waals surface area contributed by atoms with Crippen molar-refractivity contribution in [1.82, 2.24) is 5.43 Å². The number of hydrogen-bond acceptors (Lipinski definition) is 4. The summed E-state index contributed by atoms with van der Waals surface area (Å²) in [6.45, 7) is 1.33. The van der Waals surface area contributed by atoms with E-state index < -0.39 is 18.5 Å². The van der Waals surface area contributed by atoms with Crippen molar-refractivity contribution in [3.63, 3.8) is 0 Å². The van der Waals surface area contributed by atoms with Crippen molar-refractivity contribution in [2.24, 2.45) is 5.10 Å². The number of hydrazone groups is 1. The molecule has 0 aliphatic heterocycles. The van der Waals surface area contributed by atoms with Crippen LogP contribution in [0.3, 0.4) is 0 Å². The van der Waals surface area contributed by atoms with Gasteiger partial charge in [0.25, 0.3) is 5.91 Å². The molecule has 6 nitrogen and oxygen atoms in total. The van der Waals surface area contributed by atoms with E-state index in [1.807, 2.05) is 0 Å². The minimum atomic E-state index is -1.04. The van der Waals surface area contributed by atoms with Gasteiger partial charge in [-0.3, -0.25) is 4.79 Å². The fraction of sp³-hybridized carbons (Fsp3) is 0.118. The first-order valence-electron chi connectivity index (χ1n) is 7.01. The highest BCUT2D eigenvalue weighted by molar-refractivity contribution is 6.33. The maximum atomic E-state index is 12.0. The zero-order chi connectivity index (χ0) is 17.5. The predicted molar refractivity (Wildman–Crippen MR) is 90.7 cm³/mol. The van der Waals surface area contributed by atoms with E-state index in [-0.39, 0.29) is 0 Å². The van der Waals surface area contributed by atoms with Crippen LogP contribution < -0.4 is 10.2 Å². The van der Waals surface area contributed by atoms with Crippen molar-refractivity contribution in [3.8, 4) is 5.75 Å². The summed E-state index contributed by atoms with van der Waals surface area (Å²) in [7, 11) is 0. The number of hydrogen-bond donors (Lipinski definition) is 2. The second-order valence-electron chi connectivity index (χ2n) is 4.82. The number of carboxylic acids is 1. The zero-order valence-corrected chi connectivity index (χ0v) is 13.6. The number of carbonyl (C=O) groups is 2. The van der Waals surface area contributed by atoms with Crippen LogP contribution in [-0.2, 0) is 4.79 Å². The van der Waals surface area contributed by atoms with Crippen LogP contribution in [-0.4, -0.2) is 29.3 Å². The first kappa shape index (κ1) is 17.5. The number of benzene rings is 2. The predicted octanol–water partition coefficient (Wildman–Crippen LogP) is 2.96. The second-order valence-corrected chi connectivity index (χ2v) is 5.23. The molecule has 2 rings (SSSR count). The van der Waals surface area contributed by atoms with E-state index in [1.165, 1.54) is 0 Å². The van der Waals surface area contributed by atoms with Crippen molar-refractivity contribution in [3.05, 3.63) is 64.7 Å². The van der Waals surface area contributed by atoms with Crippen molar-refractivity contribution in [1.29, 1.82) is 0 Å². The van der Waals surface area contributed by atoms with Gasteiger partial charge < -0.3 is 9.84 Å². The van der Waals surface area contributed by atoms with E-state index >= 15 is 0 Å². The summed E-state index contributed by atoms with van der Waals surface area (Å²) in [5.41, 5.74) is 4.13. The van der Waals surface area contributed by atoms with Crippen LogP contribution in [0, 0.1) is 0 Å². The van der Waals surface area contributed by atoms with Gasteiger partial charge >= 0.3 is 5.97 Å². The Morgan fingerprint density at radius 1 is 1.17 bits per heavy atom. The standard InChI is InChI=1S/C17H15ClN2O4/c1-11(12-6-8-13(9-7-12)24-10-16(21)22)19-20-17(23)14-4-2-3-5-15(14)18/h2-9H,10H2,1H3,(H,20,23)(H,21,22)/b19-11-. The molecule has 2 aromatic rings. The van der Waals surface area contributed by atoms with E-state index in [2.05, 4.69) is 10.5 Å². The number of carbonyl (C=O) groups excluding carboxylic acids is 1. The zero-order valence-electron chi connectivity index (χ0n) is 12.8. The number of nitrogens with zero attached hydrogens (tertiary/aromatic N) is 1. The second kappa shape index (κ2) is 8.12. The first-order valence-corrected chi connectivity index (χ1v) is 7.39. The molecule has 0 radical (unpaired) electrons. The van der Waals surface area contributed by atoms with E-state index in [0.717, 1.165) is 5.56 Å². The lowest BCUT2D eigenvalue weighted by molar-refractivity contribution is -0.139. The van der Waals surface area contributed by atoms with Gasteiger partial charge in [-0.05, 0) is 48.9 Å². The Labute approximate surface area is 143 Å². The summed E-state index contributed by atoms with van der Waals surface area (Å²) in [4.78, 5) is 22.5. The Kier molecular flexibility index (Phi) is 5.92. The lowest BCUT2D eigenvalue weighted by Crippen LogP contribution is -2.19. The monoisotopic (exact) mass is 346 g/mol. The highest BCUT2D eigenvalue weighted by Gasteiger charge is 2.08. The third-order valence-electron chi connectivity index (χ3n) is 3.08. The van der Waals surface area contributed by atoms with Crippen LogP contribution in [0.1, 0.15) is 22.8 Å². The molecule has 0 bridgehead atoms. The topological polar surface area (TPSA) is 88.0 Å². The smallest absolute Gasteiger partial charge is 0.341 e. The third-order valence-corrected chi connectivity index (χ3v) is 3.41. The molecule has 1 amide bonds. The summed E-state index contributed by atoms with van der Waals surface area (Å²) >= 11 is 5.96. The SMILES string of the molecule is C/C(=N/NC(=O)c1ccccc1Cl)c1ccc(OCC(=O)O)cc1. The number of carboxylic acid groups (broad SMARTS) is 1. The fourth-order valence-electron chi connectivity index (χ4n) is 1.84. The number of halogens is 1. The van der Waals surface area contributed by atoms with Gasteiger partial charge in [0.2, 0.25) is 0 Å². The van der Waals surface area contributed by atoms with Gasteiger partial charge in [0, 0.05) is 0 Å². The van der Waals surface area contributed by atoms with E-state index in [1.54, 1.807) is 55.5 Å². The van der Waals surface area contributed by atoms with Crippen molar-refractivity contribution < 1.29 is 19.4 Å².